The highest BCUT2D eigenvalue weighted by Gasteiger charge is 2.49. The molecule has 0 bridgehead atoms. The molecule has 0 atom stereocenters. The van der Waals surface area contributed by atoms with Gasteiger partial charge >= 0.3 is 0 Å². The minimum absolute atomic E-state index is 0.00152. The van der Waals surface area contributed by atoms with Crippen molar-refractivity contribution in [1.29, 1.82) is 0 Å². The maximum atomic E-state index is 6.53. The van der Waals surface area contributed by atoms with Crippen molar-refractivity contribution in [3.8, 4) is 0 Å². The summed E-state index contributed by atoms with van der Waals surface area (Å²) < 4.78 is 0. The number of anilines is 3. The largest absolute Gasteiger partial charge is 0.341 e. The molecule has 0 spiro atoms. The summed E-state index contributed by atoms with van der Waals surface area (Å²) in [6.07, 6.45) is 20.2. The molecule has 0 amide bonds. The molecule has 0 aliphatic carbocycles. The number of rotatable bonds is 30. The summed E-state index contributed by atoms with van der Waals surface area (Å²) in [4.78, 5) is 39.4. The van der Waals surface area contributed by atoms with Crippen LogP contribution in [-0.4, -0.2) is 124 Å². The van der Waals surface area contributed by atoms with Crippen LogP contribution < -0.4 is 14.7 Å². The zero-order valence-electron chi connectivity index (χ0n) is 42.9. The van der Waals surface area contributed by atoms with E-state index in [1.807, 2.05) is 0 Å². The topological polar surface area (TPSA) is 76.6 Å². The fraction of sp³-hybridized carbons (Fsp3) is 0.940. The molecule has 3 heterocycles. The van der Waals surface area contributed by atoms with E-state index in [0.29, 0.717) is 6.04 Å². The quantitative estimate of drug-likeness (QED) is 0.0694. The first kappa shape index (κ1) is 53.5. The van der Waals surface area contributed by atoms with Gasteiger partial charge in [0.2, 0.25) is 17.8 Å². The van der Waals surface area contributed by atoms with Crippen LogP contribution >= 0.6 is 0 Å². The second-order valence-corrected chi connectivity index (χ2v) is 21.3. The van der Waals surface area contributed by atoms with Gasteiger partial charge in [-0.3, -0.25) is 9.68 Å². The molecule has 0 saturated carbocycles. The van der Waals surface area contributed by atoms with Gasteiger partial charge in [0.05, 0.1) is 13.2 Å². The Balaban J connectivity index is 1.93. The highest BCUT2D eigenvalue weighted by molar-refractivity contribution is 5.47. The Labute approximate surface area is 377 Å². The van der Waals surface area contributed by atoms with Crippen LogP contribution in [0.25, 0.3) is 0 Å². The van der Waals surface area contributed by atoms with Crippen molar-refractivity contribution in [3.63, 3.8) is 0 Å². The van der Waals surface area contributed by atoms with Gasteiger partial charge in [0.25, 0.3) is 0 Å². The summed E-state index contributed by atoms with van der Waals surface area (Å²) in [5.74, 6) is 2.60. The number of aromatic nitrogens is 3. The number of hydrogen-bond donors (Lipinski definition) is 0. The fourth-order valence-corrected chi connectivity index (χ4v) is 10.4. The highest BCUT2D eigenvalue weighted by atomic mass is 16.7. The van der Waals surface area contributed by atoms with E-state index >= 15 is 0 Å². The van der Waals surface area contributed by atoms with Gasteiger partial charge in [0.15, 0.2) is 0 Å². The number of piperidine rings is 2. The first-order valence-electron chi connectivity index (χ1n) is 25.5. The van der Waals surface area contributed by atoms with Gasteiger partial charge in [-0.2, -0.15) is 25.1 Å². The van der Waals surface area contributed by atoms with Crippen molar-refractivity contribution in [2.75, 3.05) is 74.2 Å². The van der Waals surface area contributed by atoms with Crippen LogP contribution in [0.5, 0.6) is 0 Å². The van der Waals surface area contributed by atoms with Crippen LogP contribution in [0.1, 0.15) is 213 Å². The standard InChI is InChI=1S/C50H99N9O2/c1-16-22-31-55(32-23-17-2)44-51-45(56(33-24-18-3)34-25-19-4)53-46(52-44)57(43-40-49(11,12)59(61-37-21-6)50(13,14)41-43)35-29-27-26-28-30-54(15)42-38-47(7,8)58(60-36-20-5)48(9,10)39-42/h42-43H,16-41H2,1-15H3. The maximum absolute atomic E-state index is 6.53. The molecule has 61 heavy (non-hydrogen) atoms. The number of hydroxylamine groups is 4. The summed E-state index contributed by atoms with van der Waals surface area (Å²) in [6.45, 7) is 40.0. The van der Waals surface area contributed by atoms with Crippen LogP contribution in [-0.2, 0) is 9.68 Å². The third kappa shape index (κ3) is 16.0. The van der Waals surface area contributed by atoms with E-state index in [1.165, 1.54) is 19.3 Å². The third-order valence-electron chi connectivity index (χ3n) is 13.3. The van der Waals surface area contributed by atoms with Gasteiger partial charge in [-0.05, 0) is 146 Å². The lowest BCUT2D eigenvalue weighted by Crippen LogP contribution is -2.64. The Morgan fingerprint density at radius 2 is 0.787 bits per heavy atom. The normalized spacial score (nSPS) is 19.5. The zero-order chi connectivity index (χ0) is 45.3. The lowest BCUT2D eigenvalue weighted by Gasteiger charge is -2.55. The fourth-order valence-electron chi connectivity index (χ4n) is 10.4. The van der Waals surface area contributed by atoms with Crippen LogP contribution in [0.15, 0.2) is 0 Å². The Morgan fingerprint density at radius 3 is 1.15 bits per heavy atom. The van der Waals surface area contributed by atoms with E-state index in [9.17, 15) is 0 Å². The van der Waals surface area contributed by atoms with E-state index in [1.54, 1.807) is 0 Å². The third-order valence-corrected chi connectivity index (χ3v) is 13.3. The minimum atomic E-state index is -0.146. The Kier molecular flexibility index (Phi) is 22.5. The zero-order valence-corrected chi connectivity index (χ0v) is 42.9. The second-order valence-electron chi connectivity index (χ2n) is 21.3. The van der Waals surface area contributed by atoms with Gasteiger partial charge in [0.1, 0.15) is 0 Å². The van der Waals surface area contributed by atoms with Crippen molar-refractivity contribution >= 4 is 17.8 Å². The van der Waals surface area contributed by atoms with Crippen molar-refractivity contribution in [1.82, 2.24) is 30.0 Å². The van der Waals surface area contributed by atoms with E-state index in [4.69, 9.17) is 24.6 Å². The van der Waals surface area contributed by atoms with E-state index in [2.05, 4.69) is 134 Å². The van der Waals surface area contributed by atoms with Crippen molar-refractivity contribution in [3.05, 3.63) is 0 Å². The molecule has 0 radical (unpaired) electrons. The predicted molar refractivity (Wildman–Crippen MR) is 261 cm³/mol. The van der Waals surface area contributed by atoms with Gasteiger partial charge in [-0.25, -0.2) is 0 Å². The monoisotopic (exact) mass is 858 g/mol. The van der Waals surface area contributed by atoms with Crippen molar-refractivity contribution < 1.29 is 9.68 Å². The van der Waals surface area contributed by atoms with Crippen LogP contribution in [0.3, 0.4) is 0 Å². The Hall–Kier alpha value is -1.79. The van der Waals surface area contributed by atoms with Crippen LogP contribution in [0.4, 0.5) is 17.8 Å². The molecule has 2 saturated heterocycles. The first-order chi connectivity index (χ1) is 28.9. The average molecular weight is 858 g/mol. The van der Waals surface area contributed by atoms with Crippen molar-refractivity contribution in [2.24, 2.45) is 0 Å². The molecule has 356 valence electrons. The highest BCUT2D eigenvalue weighted by Crippen LogP contribution is 2.43. The van der Waals surface area contributed by atoms with E-state index in [-0.39, 0.29) is 28.2 Å². The van der Waals surface area contributed by atoms with Gasteiger partial charge in [0, 0.05) is 67.0 Å². The van der Waals surface area contributed by atoms with E-state index < -0.39 is 0 Å². The number of nitrogens with zero attached hydrogens (tertiary/aromatic N) is 9. The summed E-state index contributed by atoms with van der Waals surface area (Å²) in [5, 5.41) is 4.63. The number of hydrogen-bond acceptors (Lipinski definition) is 11. The molecule has 1 aromatic heterocycles. The number of unbranched alkanes of at least 4 members (excludes halogenated alkanes) is 7. The van der Waals surface area contributed by atoms with Crippen molar-refractivity contribution in [2.45, 2.75) is 247 Å². The molecule has 11 nitrogen and oxygen atoms in total. The lowest BCUT2D eigenvalue weighted by atomic mass is 9.78. The Bertz CT molecular complexity index is 1270. The molecule has 0 aromatic carbocycles. The summed E-state index contributed by atoms with van der Waals surface area (Å²) >= 11 is 0. The molecule has 2 aliphatic heterocycles. The van der Waals surface area contributed by atoms with Crippen LogP contribution in [0, 0.1) is 0 Å². The lowest BCUT2D eigenvalue weighted by molar-refractivity contribution is -0.287. The van der Waals surface area contributed by atoms with E-state index in [0.717, 1.165) is 167 Å². The molecule has 0 unspecified atom stereocenters. The SMILES string of the molecule is CCCCN(CCCC)c1nc(N(CCCC)CCCC)nc(N(CCCCCCN(C)C2CC(C)(C)N(OCCC)C(C)(C)C2)C2CC(C)(C)N(OCCC)C(C)(C)C2)n1. The Morgan fingerprint density at radius 1 is 0.443 bits per heavy atom. The average Bonchev–Trinajstić information content (AvgIpc) is 3.18. The predicted octanol–water partition coefficient (Wildman–Crippen LogP) is 11.7. The molecule has 3 rings (SSSR count). The van der Waals surface area contributed by atoms with Gasteiger partial charge in [-0.1, -0.05) is 80.1 Å². The van der Waals surface area contributed by atoms with Gasteiger partial charge < -0.3 is 19.6 Å². The van der Waals surface area contributed by atoms with Gasteiger partial charge in [-0.15, -0.1) is 0 Å². The second kappa shape index (κ2) is 25.6. The molecular formula is C50H99N9O2. The molecule has 2 aliphatic rings. The summed E-state index contributed by atoms with van der Waals surface area (Å²) in [5.41, 5.74) is -0.288. The summed E-state index contributed by atoms with van der Waals surface area (Å²) in [7, 11) is 2.35. The molecule has 1 aromatic rings. The smallest absolute Gasteiger partial charge is 0.232 e. The summed E-state index contributed by atoms with van der Waals surface area (Å²) in [6, 6.07) is 0.829. The van der Waals surface area contributed by atoms with Crippen LogP contribution in [0.2, 0.25) is 0 Å². The maximum Gasteiger partial charge on any atom is 0.232 e. The molecule has 0 N–H and O–H groups in total. The molecular weight excluding hydrogens is 759 g/mol. The molecule has 2 fully saturated rings. The first-order valence-corrected chi connectivity index (χ1v) is 25.5. The molecule has 11 heteroatoms. The minimum Gasteiger partial charge on any atom is -0.341 e.